The van der Waals surface area contributed by atoms with Crippen LogP contribution in [0.25, 0.3) is 10.8 Å². The molecule has 17 nitrogen and oxygen atoms in total. The molecule has 0 aliphatic heterocycles. The van der Waals surface area contributed by atoms with Crippen LogP contribution in [0.5, 0.6) is 0 Å². The summed E-state index contributed by atoms with van der Waals surface area (Å²) in [6.07, 6.45) is -1.30. The number of benzene rings is 3. The Morgan fingerprint density at radius 3 is 1.06 bits per heavy atom. The lowest BCUT2D eigenvalue weighted by Crippen LogP contribution is -2.17. The summed E-state index contributed by atoms with van der Waals surface area (Å²) in [6, 6.07) is 14.7. The van der Waals surface area contributed by atoms with E-state index in [-0.39, 0.29) is 95.2 Å². The van der Waals surface area contributed by atoms with E-state index in [4.69, 9.17) is 43.4 Å². The number of carboxylic acid groups (broad SMARTS) is 1. The Morgan fingerprint density at radius 1 is 0.396 bits per heavy atom. The van der Waals surface area contributed by atoms with E-state index in [1.54, 1.807) is 24.3 Å². The van der Waals surface area contributed by atoms with E-state index in [1.165, 1.54) is 36.4 Å². The first-order valence-corrected chi connectivity index (χ1v) is 16.1. The highest BCUT2D eigenvalue weighted by Gasteiger charge is 2.15. The van der Waals surface area contributed by atoms with E-state index in [2.05, 4.69) is 0 Å². The number of ether oxygens (including phenoxy) is 7. The van der Waals surface area contributed by atoms with Gasteiger partial charge in [0, 0.05) is 0 Å². The van der Waals surface area contributed by atoms with Gasteiger partial charge in [-0.1, -0.05) is 12.1 Å². The molecule has 0 atom stereocenters. The highest BCUT2D eigenvalue weighted by molar-refractivity contribution is 5.99. The summed E-state index contributed by atoms with van der Waals surface area (Å²) in [5.41, 5.74) is 0.725. The van der Waals surface area contributed by atoms with E-state index in [1.807, 2.05) is 0 Å². The molecule has 0 fully saturated rings. The molecule has 0 saturated heterocycles. The average Bonchev–Trinajstić information content (AvgIpc) is 3.16. The smallest absolute Gasteiger partial charge is 0.338 e. The topological polar surface area (TPSA) is 242 Å². The molecule has 0 unspecified atom stereocenters. The molecule has 0 aliphatic rings. The third kappa shape index (κ3) is 14.8. The minimum atomic E-state index is -1.14. The van der Waals surface area contributed by atoms with Crippen molar-refractivity contribution in [2.75, 3.05) is 52.9 Å². The van der Waals surface area contributed by atoms with Crippen molar-refractivity contribution in [3.8, 4) is 0 Å². The largest absolute Gasteiger partial charge is 0.481 e. The van der Waals surface area contributed by atoms with Crippen LogP contribution in [0.3, 0.4) is 0 Å². The maximum Gasteiger partial charge on any atom is 0.338 e. The second kappa shape index (κ2) is 21.8. The molecule has 0 amide bonds. The molecule has 0 spiro atoms. The van der Waals surface area contributed by atoms with Gasteiger partial charge in [-0.2, -0.15) is 0 Å². The third-order valence-electron chi connectivity index (χ3n) is 6.81. The van der Waals surface area contributed by atoms with Crippen molar-refractivity contribution in [2.24, 2.45) is 0 Å². The molecule has 0 radical (unpaired) electrons. The Hall–Kier alpha value is -6.36. The number of aliphatic carboxylic acids is 1. The van der Waals surface area contributed by atoms with Crippen molar-refractivity contribution in [1.82, 2.24) is 0 Å². The van der Waals surface area contributed by atoms with Gasteiger partial charge in [-0.3, -0.25) is 19.2 Å². The van der Waals surface area contributed by atoms with E-state index >= 15 is 0 Å². The molecule has 17 heteroatoms. The van der Waals surface area contributed by atoms with Crippen molar-refractivity contribution in [2.45, 2.75) is 25.7 Å². The molecule has 53 heavy (non-hydrogen) atoms. The molecule has 0 bridgehead atoms. The Bertz CT molecular complexity index is 1780. The van der Waals surface area contributed by atoms with Gasteiger partial charge < -0.3 is 43.4 Å². The number of aliphatic hydroxyl groups excluding tert-OH is 1. The van der Waals surface area contributed by atoms with E-state index in [0.717, 1.165) is 0 Å². The number of hydrogen-bond donors (Lipinski definition) is 2. The number of esters is 7. The van der Waals surface area contributed by atoms with Crippen LogP contribution in [0.2, 0.25) is 0 Å². The molecular weight excluding hydrogens is 704 g/mol. The van der Waals surface area contributed by atoms with Crippen LogP contribution in [0.15, 0.2) is 60.7 Å². The van der Waals surface area contributed by atoms with Crippen LogP contribution >= 0.6 is 0 Å². The van der Waals surface area contributed by atoms with Crippen molar-refractivity contribution < 1.29 is 81.7 Å². The van der Waals surface area contributed by atoms with Gasteiger partial charge in [-0.25, -0.2) is 19.2 Å². The fourth-order valence-electron chi connectivity index (χ4n) is 4.21. The summed E-state index contributed by atoms with van der Waals surface area (Å²) >= 11 is 0. The van der Waals surface area contributed by atoms with Gasteiger partial charge in [0.25, 0.3) is 0 Å². The number of carboxylic acids is 1. The van der Waals surface area contributed by atoms with E-state index in [0.29, 0.717) is 16.3 Å². The maximum atomic E-state index is 12.4. The summed E-state index contributed by atoms with van der Waals surface area (Å²) in [4.78, 5) is 94.4. The minimum absolute atomic E-state index is 0.0980. The first kappa shape index (κ1) is 41.1. The molecule has 2 N–H and O–H groups in total. The summed E-state index contributed by atoms with van der Waals surface area (Å²) in [7, 11) is 0. The number of hydrogen-bond acceptors (Lipinski definition) is 16. The van der Waals surface area contributed by atoms with Gasteiger partial charge in [0.15, 0.2) is 0 Å². The van der Waals surface area contributed by atoms with Crippen LogP contribution in [-0.4, -0.2) is 111 Å². The standard InChI is InChI=1S/C36H36O17/c37-13-14-50-35(45)27-7-5-26-22-28(8-6-25(26)21-27)36(46)53-20-17-49-32(42)12-11-31(41)48-16-19-52-34(44)24-3-1-23(2-4-24)33(43)51-18-15-47-30(40)10-9-29(38)39/h1-8,21-22,37H,9-20H2,(H,38,39). The molecule has 3 aromatic carbocycles. The predicted molar refractivity (Wildman–Crippen MR) is 178 cm³/mol. The van der Waals surface area contributed by atoms with E-state index < -0.39 is 47.8 Å². The fourth-order valence-corrected chi connectivity index (χ4v) is 4.21. The van der Waals surface area contributed by atoms with Crippen LogP contribution in [0, 0.1) is 0 Å². The Kier molecular flexibility index (Phi) is 16.9. The van der Waals surface area contributed by atoms with Crippen molar-refractivity contribution >= 4 is 58.5 Å². The number of aliphatic hydroxyl groups is 1. The molecule has 282 valence electrons. The lowest BCUT2D eigenvalue weighted by Gasteiger charge is -2.09. The third-order valence-corrected chi connectivity index (χ3v) is 6.81. The number of carbonyl (C=O) groups excluding carboxylic acids is 7. The Labute approximate surface area is 301 Å². The SMILES string of the molecule is O=C(O)CCC(=O)OCCOC(=O)c1ccc(C(=O)OCCOC(=O)CCC(=O)OCCOC(=O)c2ccc3cc(C(=O)OCCO)ccc3c2)cc1. The average molecular weight is 741 g/mol. The summed E-state index contributed by atoms with van der Waals surface area (Å²) in [6.45, 7) is -1.98. The quantitative estimate of drug-likeness (QED) is 0.0905. The molecular formula is C36H36O17. The molecule has 0 saturated carbocycles. The van der Waals surface area contributed by atoms with E-state index in [9.17, 15) is 38.4 Å². The van der Waals surface area contributed by atoms with Crippen molar-refractivity contribution in [3.63, 3.8) is 0 Å². The summed E-state index contributed by atoms with van der Waals surface area (Å²) in [5, 5.41) is 18.7. The Morgan fingerprint density at radius 2 is 0.698 bits per heavy atom. The predicted octanol–water partition coefficient (Wildman–Crippen LogP) is 2.43. The highest BCUT2D eigenvalue weighted by atomic mass is 16.6. The van der Waals surface area contributed by atoms with Crippen molar-refractivity contribution in [1.29, 1.82) is 0 Å². The van der Waals surface area contributed by atoms with Crippen LogP contribution in [-0.2, 0) is 52.3 Å². The van der Waals surface area contributed by atoms with Crippen molar-refractivity contribution in [3.05, 3.63) is 82.9 Å². The maximum absolute atomic E-state index is 12.4. The zero-order valence-corrected chi connectivity index (χ0v) is 28.3. The second-order valence-corrected chi connectivity index (χ2v) is 10.7. The summed E-state index contributed by atoms with van der Waals surface area (Å²) < 4.78 is 34.7. The monoisotopic (exact) mass is 740 g/mol. The normalized spacial score (nSPS) is 10.4. The molecule has 3 rings (SSSR count). The van der Waals surface area contributed by atoms with Gasteiger partial charge >= 0.3 is 47.8 Å². The van der Waals surface area contributed by atoms with Crippen LogP contribution in [0.4, 0.5) is 0 Å². The van der Waals surface area contributed by atoms with Gasteiger partial charge in [0.1, 0.15) is 46.2 Å². The molecule has 0 aliphatic carbocycles. The second-order valence-electron chi connectivity index (χ2n) is 10.7. The first-order valence-electron chi connectivity index (χ1n) is 16.1. The van der Waals surface area contributed by atoms with Gasteiger partial charge in [-0.15, -0.1) is 0 Å². The first-order chi connectivity index (χ1) is 25.5. The highest BCUT2D eigenvalue weighted by Crippen LogP contribution is 2.19. The molecule has 3 aromatic rings. The fraction of sp³-hybridized carbons (Fsp3) is 0.333. The van der Waals surface area contributed by atoms with Gasteiger partial charge in [0.05, 0.1) is 54.5 Å². The lowest BCUT2D eigenvalue weighted by molar-refractivity contribution is -0.151. The minimum Gasteiger partial charge on any atom is -0.481 e. The lowest BCUT2D eigenvalue weighted by atomic mass is 10.0. The van der Waals surface area contributed by atoms with Crippen LogP contribution in [0.1, 0.15) is 67.1 Å². The molecule has 0 heterocycles. The zero-order chi connectivity index (χ0) is 38.6. The summed E-state index contributed by atoms with van der Waals surface area (Å²) in [5.74, 6) is -6.11. The number of fused-ring (bicyclic) bond motifs is 1. The van der Waals surface area contributed by atoms with Crippen LogP contribution < -0.4 is 0 Å². The number of carbonyl (C=O) groups is 8. The molecule has 0 aromatic heterocycles. The van der Waals surface area contributed by atoms with Gasteiger partial charge in [-0.05, 0) is 59.3 Å². The Balaban J connectivity index is 1.25. The van der Waals surface area contributed by atoms with Gasteiger partial charge in [0.2, 0.25) is 0 Å². The zero-order valence-electron chi connectivity index (χ0n) is 28.3. The number of rotatable bonds is 21.